The number of H-pyrrole nitrogens is 1. The molecule has 0 saturated carbocycles. The van der Waals surface area contributed by atoms with Gasteiger partial charge in [-0.2, -0.15) is 0 Å². The highest BCUT2D eigenvalue weighted by Crippen LogP contribution is 2.23. The van der Waals surface area contributed by atoms with Gasteiger partial charge in [0.1, 0.15) is 0 Å². The molecular weight excluding hydrogens is 250 g/mol. The lowest BCUT2D eigenvalue weighted by Crippen LogP contribution is -1.97. The zero-order chi connectivity index (χ0) is 9.26. The molecule has 2 heterocycles. The number of rotatable bonds is 2. The van der Waals surface area contributed by atoms with Gasteiger partial charge in [0.05, 0.1) is 14.4 Å². The number of carbonyl (C=O) groups excluding carboxylic acids is 1. The highest BCUT2D eigenvalue weighted by Gasteiger charge is 2.11. The van der Waals surface area contributed by atoms with Crippen LogP contribution in [0.3, 0.4) is 0 Å². The Morgan fingerprint density at radius 1 is 1.38 bits per heavy atom. The molecule has 0 saturated heterocycles. The van der Waals surface area contributed by atoms with Gasteiger partial charge in [0.15, 0.2) is 0 Å². The van der Waals surface area contributed by atoms with Crippen LogP contribution in [0.25, 0.3) is 0 Å². The lowest BCUT2D eigenvalue weighted by molar-refractivity contribution is 0.103. The number of hydrogen-bond acceptors (Lipinski definition) is 2. The molecule has 0 aliphatic rings. The van der Waals surface area contributed by atoms with E-state index in [9.17, 15) is 4.79 Å². The second-order valence-electron chi connectivity index (χ2n) is 2.52. The van der Waals surface area contributed by atoms with Crippen molar-refractivity contribution >= 4 is 33.0 Å². The van der Waals surface area contributed by atoms with E-state index < -0.39 is 0 Å². The molecule has 2 rings (SSSR count). The van der Waals surface area contributed by atoms with Gasteiger partial charge in [-0.15, -0.1) is 11.3 Å². The average Bonchev–Trinajstić information content (AvgIpc) is 2.72. The summed E-state index contributed by atoms with van der Waals surface area (Å²) in [6, 6.07) is 7.28. The van der Waals surface area contributed by atoms with Crippen molar-refractivity contribution in [2.45, 2.75) is 0 Å². The molecule has 0 bridgehead atoms. The Bertz CT molecular complexity index is 419. The largest absolute Gasteiger partial charge is 0.358 e. The Morgan fingerprint density at radius 2 is 2.23 bits per heavy atom. The van der Waals surface area contributed by atoms with Gasteiger partial charge in [0, 0.05) is 6.20 Å². The van der Waals surface area contributed by atoms with Crippen molar-refractivity contribution < 1.29 is 4.79 Å². The van der Waals surface area contributed by atoms with Gasteiger partial charge >= 0.3 is 0 Å². The molecule has 0 radical (unpaired) electrons. The molecule has 2 nitrogen and oxygen atoms in total. The summed E-state index contributed by atoms with van der Waals surface area (Å²) in [5, 5.41) is 0. The van der Waals surface area contributed by atoms with Crippen molar-refractivity contribution in [3.8, 4) is 0 Å². The zero-order valence-corrected chi connectivity index (χ0v) is 8.98. The summed E-state index contributed by atoms with van der Waals surface area (Å²) in [6.45, 7) is 0. The molecule has 1 N–H and O–H groups in total. The Balaban J connectivity index is 2.33. The number of aromatic amines is 1. The van der Waals surface area contributed by atoms with Crippen LogP contribution in [0.15, 0.2) is 34.2 Å². The van der Waals surface area contributed by atoms with Crippen molar-refractivity contribution in [3.63, 3.8) is 0 Å². The van der Waals surface area contributed by atoms with E-state index in [2.05, 4.69) is 20.9 Å². The van der Waals surface area contributed by atoms with Crippen molar-refractivity contribution in [1.29, 1.82) is 0 Å². The number of halogens is 1. The van der Waals surface area contributed by atoms with E-state index in [1.807, 2.05) is 18.2 Å². The molecule has 0 spiro atoms. The van der Waals surface area contributed by atoms with Gasteiger partial charge in [-0.1, -0.05) is 0 Å². The first-order valence-corrected chi connectivity index (χ1v) is 5.32. The third kappa shape index (κ3) is 1.73. The van der Waals surface area contributed by atoms with Crippen LogP contribution < -0.4 is 0 Å². The lowest BCUT2D eigenvalue weighted by Gasteiger charge is -1.91. The minimum absolute atomic E-state index is 0.0423. The van der Waals surface area contributed by atoms with Crippen LogP contribution in [-0.2, 0) is 0 Å². The van der Waals surface area contributed by atoms with Gasteiger partial charge < -0.3 is 4.98 Å². The average molecular weight is 256 g/mol. The predicted molar refractivity (Wildman–Crippen MR) is 56.2 cm³/mol. The maximum absolute atomic E-state index is 11.7. The van der Waals surface area contributed by atoms with Crippen molar-refractivity contribution in [3.05, 3.63) is 44.8 Å². The number of ketones is 1. The molecule has 0 aliphatic heterocycles. The smallest absolute Gasteiger partial charge is 0.219 e. The van der Waals surface area contributed by atoms with Crippen LogP contribution >= 0.6 is 27.3 Å². The first-order valence-electron chi connectivity index (χ1n) is 3.71. The Hall–Kier alpha value is -0.870. The normalized spacial score (nSPS) is 10.2. The van der Waals surface area contributed by atoms with E-state index in [-0.39, 0.29) is 5.78 Å². The molecule has 0 fully saturated rings. The molecule has 66 valence electrons. The fraction of sp³-hybridized carbons (Fsp3) is 0. The molecule has 0 aromatic carbocycles. The standard InChI is InChI=1S/C9H6BrNOS/c10-8-4-3-7(13-8)9(12)6-2-1-5-11-6/h1-5,11H. The second kappa shape index (κ2) is 3.47. The van der Waals surface area contributed by atoms with Crippen LogP contribution in [0, 0.1) is 0 Å². The number of nitrogens with one attached hydrogen (secondary N) is 1. The van der Waals surface area contributed by atoms with Crippen LogP contribution in [0.2, 0.25) is 0 Å². The summed E-state index contributed by atoms with van der Waals surface area (Å²) < 4.78 is 0.974. The fourth-order valence-electron chi connectivity index (χ4n) is 1.04. The molecule has 2 aromatic rings. The molecule has 13 heavy (non-hydrogen) atoms. The zero-order valence-electron chi connectivity index (χ0n) is 6.58. The maximum Gasteiger partial charge on any atom is 0.219 e. The summed E-state index contributed by atoms with van der Waals surface area (Å²) >= 11 is 4.76. The van der Waals surface area contributed by atoms with Crippen LogP contribution in [0.5, 0.6) is 0 Å². The number of aromatic nitrogens is 1. The van der Waals surface area contributed by atoms with E-state index in [1.54, 1.807) is 12.3 Å². The molecule has 0 unspecified atom stereocenters. The van der Waals surface area contributed by atoms with E-state index in [4.69, 9.17) is 0 Å². The number of carbonyl (C=O) groups is 1. The minimum atomic E-state index is 0.0423. The van der Waals surface area contributed by atoms with E-state index in [0.29, 0.717) is 5.69 Å². The third-order valence-electron chi connectivity index (χ3n) is 1.64. The van der Waals surface area contributed by atoms with Gasteiger partial charge in [0.25, 0.3) is 0 Å². The van der Waals surface area contributed by atoms with Gasteiger partial charge in [-0.05, 0) is 40.2 Å². The van der Waals surface area contributed by atoms with Crippen LogP contribution in [0.1, 0.15) is 15.4 Å². The minimum Gasteiger partial charge on any atom is -0.358 e. The summed E-state index contributed by atoms with van der Waals surface area (Å²) in [5.41, 5.74) is 0.634. The first kappa shape index (κ1) is 8.72. The molecule has 4 heteroatoms. The first-order chi connectivity index (χ1) is 6.27. The molecule has 0 amide bonds. The maximum atomic E-state index is 11.7. The van der Waals surface area contributed by atoms with Crippen LogP contribution in [-0.4, -0.2) is 10.8 Å². The summed E-state index contributed by atoms with van der Waals surface area (Å²) in [4.78, 5) is 15.3. The number of thiophene rings is 1. The second-order valence-corrected chi connectivity index (χ2v) is 4.98. The Morgan fingerprint density at radius 3 is 2.77 bits per heavy atom. The third-order valence-corrected chi connectivity index (χ3v) is 3.26. The van der Waals surface area contributed by atoms with Crippen molar-refractivity contribution in [2.24, 2.45) is 0 Å². The van der Waals surface area contributed by atoms with Gasteiger partial charge in [-0.3, -0.25) is 4.79 Å². The summed E-state index contributed by atoms with van der Waals surface area (Å²) in [7, 11) is 0. The fourth-order valence-corrected chi connectivity index (χ4v) is 2.38. The SMILES string of the molecule is O=C(c1ccc[nH]1)c1ccc(Br)s1. The summed E-state index contributed by atoms with van der Waals surface area (Å²) in [5.74, 6) is 0.0423. The molecule has 0 atom stereocenters. The van der Waals surface area contributed by atoms with E-state index in [1.165, 1.54) is 11.3 Å². The quantitative estimate of drug-likeness (QED) is 0.823. The van der Waals surface area contributed by atoms with Gasteiger partial charge in [0.2, 0.25) is 5.78 Å². The Kier molecular flexibility index (Phi) is 2.33. The number of hydrogen-bond donors (Lipinski definition) is 1. The lowest BCUT2D eigenvalue weighted by atomic mass is 10.2. The predicted octanol–water partition coefficient (Wildman–Crippen LogP) is 3.07. The highest BCUT2D eigenvalue weighted by atomic mass is 79.9. The summed E-state index contributed by atoms with van der Waals surface area (Å²) in [6.07, 6.45) is 1.75. The van der Waals surface area contributed by atoms with Crippen molar-refractivity contribution in [2.75, 3.05) is 0 Å². The van der Waals surface area contributed by atoms with Crippen LogP contribution in [0.4, 0.5) is 0 Å². The molecular formula is C9H6BrNOS. The molecule has 0 aliphatic carbocycles. The monoisotopic (exact) mass is 255 g/mol. The topological polar surface area (TPSA) is 32.9 Å². The van der Waals surface area contributed by atoms with E-state index >= 15 is 0 Å². The molecule has 2 aromatic heterocycles. The van der Waals surface area contributed by atoms with E-state index in [0.717, 1.165) is 8.66 Å². The highest BCUT2D eigenvalue weighted by molar-refractivity contribution is 9.11. The van der Waals surface area contributed by atoms with Gasteiger partial charge in [-0.25, -0.2) is 0 Å². The van der Waals surface area contributed by atoms with Crippen molar-refractivity contribution in [1.82, 2.24) is 4.98 Å². The Labute approximate surface area is 87.7 Å².